The van der Waals surface area contributed by atoms with E-state index in [-0.39, 0.29) is 64.6 Å². The predicted octanol–water partition coefficient (Wildman–Crippen LogP) is 0.942. The number of nitrogens with two attached hydrogens (primary N) is 2. The number of hydrogen-bond donors (Lipinski definition) is 14. The van der Waals surface area contributed by atoms with Crippen LogP contribution in [0.1, 0.15) is 174 Å². The molecule has 2 heterocycles. The molecule has 0 aliphatic heterocycles. The minimum absolute atomic E-state index is 0.0672. The highest BCUT2D eigenvalue weighted by molar-refractivity contribution is 5.99. The average molecular weight is 1300 g/mol. The van der Waals surface area contributed by atoms with Crippen molar-refractivity contribution in [2.24, 2.45) is 41.1 Å². The Bertz CT molecular complexity index is 2500. The quantitative estimate of drug-likeness (QED) is 0.0410. The van der Waals surface area contributed by atoms with Gasteiger partial charge in [0.05, 0.1) is 42.9 Å². The molecule has 6 unspecified atom stereocenters. The number of amides is 8. The van der Waals surface area contributed by atoms with Crippen molar-refractivity contribution in [2.45, 2.75) is 181 Å². The highest BCUT2D eigenvalue weighted by Gasteiger charge is 2.36. The Kier molecular flexibility index (Phi) is 44.2. The molecule has 2 aromatic rings. The van der Waals surface area contributed by atoms with Gasteiger partial charge in [0.1, 0.15) is 17.3 Å². The number of Topliss-reactive ketones (excluding diaryl/α,β-unsaturated/α-hetero) is 4. The van der Waals surface area contributed by atoms with Gasteiger partial charge in [-0.1, -0.05) is 72.6 Å². The van der Waals surface area contributed by atoms with Crippen molar-refractivity contribution in [3.8, 4) is 0 Å². The number of ketones is 4. The average Bonchev–Trinajstić information content (AvgIpc) is 1.50. The van der Waals surface area contributed by atoms with E-state index >= 15 is 0 Å². The molecule has 518 valence electrons. The van der Waals surface area contributed by atoms with E-state index in [1.807, 2.05) is 20.8 Å². The van der Waals surface area contributed by atoms with Crippen LogP contribution in [0, 0.1) is 29.6 Å². The smallest absolute Gasteiger partial charge is 0.224 e. The van der Waals surface area contributed by atoms with E-state index in [9.17, 15) is 57.5 Å². The van der Waals surface area contributed by atoms with Crippen LogP contribution in [-0.4, -0.2) is 181 Å². The van der Waals surface area contributed by atoms with Crippen LogP contribution in [0.5, 0.6) is 0 Å². The van der Waals surface area contributed by atoms with Gasteiger partial charge in [-0.2, -0.15) is 0 Å². The van der Waals surface area contributed by atoms with Crippen LogP contribution in [0.3, 0.4) is 0 Å². The van der Waals surface area contributed by atoms with Crippen molar-refractivity contribution in [1.29, 1.82) is 0 Å². The summed E-state index contributed by atoms with van der Waals surface area (Å²) in [6, 6.07) is -1.62. The maximum Gasteiger partial charge on any atom is 0.224 e. The molecule has 0 spiro atoms. The summed E-state index contributed by atoms with van der Waals surface area (Å²) in [5.41, 5.74) is 12.7. The summed E-state index contributed by atoms with van der Waals surface area (Å²) in [6.45, 7) is 11.6. The maximum atomic E-state index is 14.8. The lowest BCUT2D eigenvalue weighted by Gasteiger charge is -2.24. The van der Waals surface area contributed by atoms with Crippen LogP contribution in [0.25, 0.3) is 0 Å². The van der Waals surface area contributed by atoms with E-state index in [0.717, 1.165) is 56.3 Å². The largest absolute Gasteiger partial charge is 0.356 e. The van der Waals surface area contributed by atoms with Crippen molar-refractivity contribution in [3.05, 3.63) is 36.4 Å². The highest BCUT2D eigenvalue weighted by Crippen LogP contribution is 2.24. The first-order chi connectivity index (χ1) is 44.4. The molecule has 0 saturated carbocycles. The van der Waals surface area contributed by atoms with E-state index in [2.05, 4.69) is 73.1 Å². The van der Waals surface area contributed by atoms with Crippen LogP contribution in [-0.2, 0) is 70.4 Å². The molecule has 2 aromatic heterocycles. The van der Waals surface area contributed by atoms with E-state index in [0.29, 0.717) is 77.8 Å². The number of nitrogens with zero attached hydrogens (tertiary/aromatic N) is 2. The molecule has 16 N–H and O–H groups in total. The fourth-order valence-corrected chi connectivity index (χ4v) is 10.2. The summed E-state index contributed by atoms with van der Waals surface area (Å²) in [6.07, 6.45) is 10.2. The van der Waals surface area contributed by atoms with Crippen LogP contribution >= 0.6 is 0 Å². The van der Waals surface area contributed by atoms with Crippen molar-refractivity contribution >= 4 is 70.4 Å². The van der Waals surface area contributed by atoms with Crippen LogP contribution in [0.4, 0.5) is 0 Å². The fraction of sp³-hybridized carbons (Fsp3) is 0.719. The van der Waals surface area contributed by atoms with Gasteiger partial charge in [0.2, 0.25) is 47.3 Å². The summed E-state index contributed by atoms with van der Waals surface area (Å²) >= 11 is 0. The van der Waals surface area contributed by atoms with E-state index in [1.165, 1.54) is 12.7 Å². The van der Waals surface area contributed by atoms with Gasteiger partial charge in [0.25, 0.3) is 0 Å². The van der Waals surface area contributed by atoms with Gasteiger partial charge in [-0.15, -0.1) is 0 Å². The number of rotatable bonds is 57. The monoisotopic (exact) mass is 1290 g/mol. The van der Waals surface area contributed by atoms with Crippen molar-refractivity contribution in [3.63, 3.8) is 0 Å². The third-order valence-corrected chi connectivity index (χ3v) is 15.5. The predicted molar refractivity (Wildman–Crippen MR) is 349 cm³/mol. The first-order valence-electron chi connectivity index (χ1n) is 33.4. The highest BCUT2D eigenvalue weighted by atomic mass is 16.2. The van der Waals surface area contributed by atoms with Gasteiger partial charge >= 0.3 is 0 Å². The van der Waals surface area contributed by atoms with Gasteiger partial charge in [-0.25, -0.2) is 9.97 Å². The first kappa shape index (κ1) is 80.8. The number of aromatic nitrogens is 4. The third kappa shape index (κ3) is 37.3. The summed E-state index contributed by atoms with van der Waals surface area (Å²) < 4.78 is 0. The Balaban J connectivity index is 2.57. The van der Waals surface area contributed by atoms with Crippen LogP contribution in [0.15, 0.2) is 25.0 Å². The summed E-state index contributed by atoms with van der Waals surface area (Å²) in [7, 11) is 0. The zero-order chi connectivity index (χ0) is 67.7. The Morgan fingerprint density at radius 1 is 0.380 bits per heavy atom. The maximum absolute atomic E-state index is 14.8. The molecule has 92 heavy (non-hydrogen) atoms. The molecule has 0 aliphatic carbocycles. The van der Waals surface area contributed by atoms with Crippen molar-refractivity contribution in [2.75, 3.05) is 85.1 Å². The molecule has 0 fully saturated rings. The molecule has 28 heteroatoms. The number of nitrogens with one attached hydrogen (secondary N) is 12. The lowest BCUT2D eigenvalue weighted by atomic mass is 9.84. The van der Waals surface area contributed by atoms with Crippen LogP contribution in [0.2, 0.25) is 0 Å². The Morgan fingerprint density at radius 3 is 1.29 bits per heavy atom. The lowest BCUT2D eigenvalue weighted by molar-refractivity contribution is -0.138. The van der Waals surface area contributed by atoms with E-state index in [1.54, 1.807) is 19.3 Å². The minimum atomic E-state index is -1.62. The van der Waals surface area contributed by atoms with Crippen molar-refractivity contribution < 1.29 is 57.5 Å². The second kappa shape index (κ2) is 50.3. The zero-order valence-electron chi connectivity index (χ0n) is 55.2. The molecule has 0 saturated heterocycles. The van der Waals surface area contributed by atoms with Gasteiger partial charge in [0, 0.05) is 191 Å². The van der Waals surface area contributed by atoms with E-state index < -0.39 is 151 Å². The number of carbonyl (C=O) groups is 12. The SMILES string of the molecule is CCCCCCNC(=O)CC(NC(=O)CC(CC(=O)C(CC(=O)CC(CC)C(=O)NCCc1cnc[nH]1)CC(=O)NCCc1cnc[nH]1)C(=O)NCCCCCC)C(=O)CC(CC(=O)CC(CC(=O)NCCNCCN)C(=O)NCCCC)C(=O)NCCNCCN. The molecule has 0 radical (unpaired) electrons. The van der Waals surface area contributed by atoms with Gasteiger partial charge < -0.3 is 74.6 Å². The first-order valence-corrected chi connectivity index (χ1v) is 33.4. The minimum Gasteiger partial charge on any atom is -0.356 e. The number of imidazole rings is 2. The number of aromatic amines is 2. The summed E-state index contributed by atoms with van der Waals surface area (Å²) in [4.78, 5) is 182. The zero-order valence-corrected chi connectivity index (χ0v) is 55.2. The summed E-state index contributed by atoms with van der Waals surface area (Å²) in [5.74, 6) is -13.4. The number of hydrogen-bond acceptors (Lipinski definition) is 18. The molecular weight excluding hydrogens is 1180 g/mol. The Morgan fingerprint density at radius 2 is 0.772 bits per heavy atom. The molecule has 6 atom stereocenters. The van der Waals surface area contributed by atoms with E-state index in [4.69, 9.17) is 11.5 Å². The standard InChI is InChI=1S/C64H110N16O12/c1-5-9-12-14-21-71-59(87)40-54(56(84)36-47(62(90)77-30-28-68-26-19-66)33-53(82)34-48(63(91)74-20-11-7-3)38-58(86)73-29-27-67-25-18-65)80-60(88)39-49(64(92)75-22-15-13-10-6-2)35-55(83)46(37-57(85)72-23-16-50-41-69-43-78-50)32-52(81)31-45(8-4)61(89)76-24-17-51-42-70-44-79-51/h41-49,54,67-68H,5-40,65-66H2,1-4H3,(H,69,78)(H,70,79)(H,71,87)(H,72,85)(H,73,86)(H,74,91)(H,75,92)(H,76,89)(H,77,90)(H,80,88). The van der Waals surface area contributed by atoms with Crippen molar-refractivity contribution in [1.82, 2.24) is 73.1 Å². The number of unbranched alkanes of at least 4 members (excludes halogenated alkanes) is 7. The lowest BCUT2D eigenvalue weighted by Crippen LogP contribution is -2.47. The topological polar surface area (TPSA) is 435 Å². The van der Waals surface area contributed by atoms with Gasteiger partial charge in [-0.05, 0) is 25.7 Å². The molecule has 28 nitrogen and oxygen atoms in total. The second-order valence-corrected chi connectivity index (χ2v) is 23.5. The third-order valence-electron chi connectivity index (χ3n) is 15.5. The Hall–Kier alpha value is -7.30. The normalized spacial score (nSPS) is 13.1. The molecule has 2 rings (SSSR count). The molecule has 0 aromatic carbocycles. The number of carbonyl (C=O) groups excluding carboxylic acids is 12. The number of H-pyrrole nitrogens is 2. The second-order valence-electron chi connectivity index (χ2n) is 23.5. The molecular formula is C64H110N16O12. The molecule has 8 amide bonds. The van der Waals surface area contributed by atoms with Gasteiger partial charge in [0.15, 0.2) is 5.78 Å². The Labute approximate surface area is 543 Å². The van der Waals surface area contributed by atoms with Crippen LogP contribution < -0.4 is 64.6 Å². The fourth-order valence-electron chi connectivity index (χ4n) is 10.2. The molecule has 0 aliphatic rings. The summed E-state index contributed by atoms with van der Waals surface area (Å²) in [5, 5.41) is 28.3. The molecule has 0 bridgehead atoms. The van der Waals surface area contributed by atoms with Gasteiger partial charge in [-0.3, -0.25) is 57.5 Å².